The topological polar surface area (TPSA) is 54.5 Å². The van der Waals surface area contributed by atoms with E-state index < -0.39 is 0 Å². The Morgan fingerprint density at radius 3 is 2.61 bits per heavy atom. The van der Waals surface area contributed by atoms with Crippen molar-refractivity contribution < 1.29 is 4.39 Å². The Kier molecular flexibility index (Phi) is 2.57. The van der Waals surface area contributed by atoms with Gasteiger partial charge in [0.25, 0.3) is 0 Å². The number of aromatic amines is 1. The lowest BCUT2D eigenvalue weighted by atomic mass is 10.2. The van der Waals surface area contributed by atoms with Crippen molar-refractivity contribution >= 4 is 0 Å². The zero-order chi connectivity index (χ0) is 12.4. The first-order chi connectivity index (χ1) is 8.83. The van der Waals surface area contributed by atoms with Crippen LogP contribution >= 0.6 is 0 Å². The van der Waals surface area contributed by atoms with Crippen molar-refractivity contribution in [3.8, 4) is 22.8 Å². The number of aromatic nitrogens is 4. The molecule has 0 spiro atoms. The summed E-state index contributed by atoms with van der Waals surface area (Å²) in [6.45, 7) is 0. The Bertz CT molecular complexity index is 664. The highest BCUT2D eigenvalue weighted by Crippen LogP contribution is 2.19. The quantitative estimate of drug-likeness (QED) is 0.749. The van der Waals surface area contributed by atoms with Crippen molar-refractivity contribution in [2.75, 3.05) is 0 Å². The first kappa shape index (κ1) is 10.6. The Morgan fingerprint density at radius 1 is 1.00 bits per heavy atom. The SMILES string of the molecule is Fc1cccc(-c2n[nH]c(-c3ccncc3)n2)c1. The number of halogens is 1. The summed E-state index contributed by atoms with van der Waals surface area (Å²) in [5.41, 5.74) is 1.53. The van der Waals surface area contributed by atoms with Crippen LogP contribution in [0.4, 0.5) is 4.39 Å². The van der Waals surface area contributed by atoms with Crippen LogP contribution in [0, 0.1) is 5.82 Å². The molecule has 1 aromatic carbocycles. The maximum absolute atomic E-state index is 13.1. The molecule has 2 heterocycles. The summed E-state index contributed by atoms with van der Waals surface area (Å²) in [4.78, 5) is 8.27. The third kappa shape index (κ3) is 1.98. The molecule has 3 rings (SSSR count). The monoisotopic (exact) mass is 240 g/mol. The van der Waals surface area contributed by atoms with Gasteiger partial charge in [0.2, 0.25) is 0 Å². The number of hydrogen-bond donors (Lipinski definition) is 1. The van der Waals surface area contributed by atoms with E-state index in [0.29, 0.717) is 17.2 Å². The summed E-state index contributed by atoms with van der Waals surface area (Å²) in [6, 6.07) is 9.85. The molecule has 0 saturated carbocycles. The van der Waals surface area contributed by atoms with Crippen LogP contribution < -0.4 is 0 Å². The van der Waals surface area contributed by atoms with Gasteiger partial charge in [-0.2, -0.15) is 5.10 Å². The fraction of sp³-hybridized carbons (Fsp3) is 0. The zero-order valence-electron chi connectivity index (χ0n) is 9.34. The number of pyridine rings is 1. The minimum Gasteiger partial charge on any atom is -0.265 e. The lowest BCUT2D eigenvalue weighted by Crippen LogP contribution is -1.82. The van der Waals surface area contributed by atoms with Crippen molar-refractivity contribution in [3.05, 3.63) is 54.6 Å². The molecule has 18 heavy (non-hydrogen) atoms. The molecular formula is C13H9FN4. The molecule has 4 nitrogen and oxygen atoms in total. The second-order valence-corrected chi connectivity index (χ2v) is 3.75. The maximum Gasteiger partial charge on any atom is 0.181 e. The molecule has 0 radical (unpaired) electrons. The average Bonchev–Trinajstić information content (AvgIpc) is 2.89. The highest BCUT2D eigenvalue weighted by atomic mass is 19.1. The van der Waals surface area contributed by atoms with Crippen LogP contribution in [-0.4, -0.2) is 20.2 Å². The van der Waals surface area contributed by atoms with Gasteiger partial charge in [0.05, 0.1) is 0 Å². The molecule has 0 aliphatic carbocycles. The van der Waals surface area contributed by atoms with E-state index in [1.165, 1.54) is 12.1 Å². The van der Waals surface area contributed by atoms with Crippen molar-refractivity contribution in [1.82, 2.24) is 20.2 Å². The molecule has 0 amide bonds. The highest BCUT2D eigenvalue weighted by Gasteiger charge is 2.07. The highest BCUT2D eigenvalue weighted by molar-refractivity contribution is 5.60. The Labute approximate surface area is 103 Å². The van der Waals surface area contributed by atoms with Gasteiger partial charge in [-0.3, -0.25) is 10.1 Å². The van der Waals surface area contributed by atoms with Gasteiger partial charge in [0.15, 0.2) is 11.6 Å². The van der Waals surface area contributed by atoms with Crippen LogP contribution in [0.15, 0.2) is 48.8 Å². The molecule has 0 unspecified atom stereocenters. The van der Waals surface area contributed by atoms with Gasteiger partial charge in [-0.15, -0.1) is 0 Å². The molecular weight excluding hydrogens is 231 g/mol. The van der Waals surface area contributed by atoms with Crippen LogP contribution in [0.2, 0.25) is 0 Å². The van der Waals surface area contributed by atoms with Crippen LogP contribution in [0.5, 0.6) is 0 Å². The number of H-pyrrole nitrogens is 1. The van der Waals surface area contributed by atoms with E-state index in [2.05, 4.69) is 20.2 Å². The Balaban J connectivity index is 2.00. The summed E-state index contributed by atoms with van der Waals surface area (Å²) in [7, 11) is 0. The fourth-order valence-electron chi connectivity index (χ4n) is 1.66. The second-order valence-electron chi connectivity index (χ2n) is 3.75. The van der Waals surface area contributed by atoms with E-state index in [1.807, 2.05) is 12.1 Å². The molecule has 0 aliphatic heterocycles. The standard InChI is InChI=1S/C13H9FN4/c14-11-3-1-2-10(8-11)13-16-12(17-18-13)9-4-6-15-7-5-9/h1-8H,(H,16,17,18). The van der Waals surface area contributed by atoms with Crippen LogP contribution in [-0.2, 0) is 0 Å². The van der Waals surface area contributed by atoms with Gasteiger partial charge in [-0.25, -0.2) is 9.37 Å². The third-order valence-electron chi connectivity index (χ3n) is 2.52. The first-order valence-corrected chi connectivity index (χ1v) is 5.42. The minimum atomic E-state index is -0.303. The Morgan fingerprint density at radius 2 is 1.83 bits per heavy atom. The normalized spacial score (nSPS) is 10.5. The maximum atomic E-state index is 13.1. The van der Waals surface area contributed by atoms with Gasteiger partial charge in [-0.05, 0) is 24.3 Å². The van der Waals surface area contributed by atoms with Gasteiger partial charge >= 0.3 is 0 Å². The van der Waals surface area contributed by atoms with Gasteiger partial charge in [0, 0.05) is 23.5 Å². The molecule has 3 aromatic rings. The van der Waals surface area contributed by atoms with Crippen molar-refractivity contribution in [1.29, 1.82) is 0 Å². The molecule has 0 bridgehead atoms. The van der Waals surface area contributed by atoms with E-state index in [9.17, 15) is 4.39 Å². The van der Waals surface area contributed by atoms with Gasteiger partial charge in [0.1, 0.15) is 5.82 Å². The average molecular weight is 240 g/mol. The van der Waals surface area contributed by atoms with E-state index in [4.69, 9.17) is 0 Å². The molecule has 1 N–H and O–H groups in total. The summed E-state index contributed by atoms with van der Waals surface area (Å²) in [5.74, 6) is 0.806. The van der Waals surface area contributed by atoms with E-state index in [1.54, 1.807) is 24.5 Å². The molecule has 0 fully saturated rings. The number of rotatable bonds is 2. The van der Waals surface area contributed by atoms with Gasteiger partial charge < -0.3 is 0 Å². The predicted octanol–water partition coefficient (Wildman–Crippen LogP) is 2.67. The molecule has 0 atom stereocenters. The first-order valence-electron chi connectivity index (χ1n) is 5.42. The third-order valence-corrected chi connectivity index (χ3v) is 2.52. The molecule has 5 heteroatoms. The number of nitrogens with zero attached hydrogens (tertiary/aromatic N) is 3. The van der Waals surface area contributed by atoms with Gasteiger partial charge in [-0.1, -0.05) is 12.1 Å². The fourth-order valence-corrected chi connectivity index (χ4v) is 1.66. The van der Waals surface area contributed by atoms with E-state index in [-0.39, 0.29) is 5.82 Å². The number of benzene rings is 1. The van der Waals surface area contributed by atoms with E-state index >= 15 is 0 Å². The summed E-state index contributed by atoms with van der Waals surface area (Å²) >= 11 is 0. The summed E-state index contributed by atoms with van der Waals surface area (Å²) in [5, 5.41) is 6.91. The smallest absolute Gasteiger partial charge is 0.181 e. The van der Waals surface area contributed by atoms with Crippen molar-refractivity contribution in [2.24, 2.45) is 0 Å². The van der Waals surface area contributed by atoms with E-state index in [0.717, 1.165) is 5.56 Å². The molecule has 88 valence electrons. The zero-order valence-corrected chi connectivity index (χ0v) is 9.34. The molecule has 2 aromatic heterocycles. The lowest BCUT2D eigenvalue weighted by Gasteiger charge is -1.94. The van der Waals surface area contributed by atoms with Crippen LogP contribution in [0.25, 0.3) is 22.8 Å². The summed E-state index contributed by atoms with van der Waals surface area (Å²) in [6.07, 6.45) is 3.36. The number of nitrogens with one attached hydrogen (secondary N) is 1. The number of hydrogen-bond acceptors (Lipinski definition) is 3. The Hall–Kier alpha value is -2.56. The summed E-state index contributed by atoms with van der Waals surface area (Å²) < 4.78 is 13.1. The van der Waals surface area contributed by atoms with Crippen LogP contribution in [0.3, 0.4) is 0 Å². The van der Waals surface area contributed by atoms with Crippen LogP contribution in [0.1, 0.15) is 0 Å². The predicted molar refractivity (Wildman–Crippen MR) is 65.0 cm³/mol. The lowest BCUT2D eigenvalue weighted by molar-refractivity contribution is 0.628. The second kappa shape index (κ2) is 4.37. The van der Waals surface area contributed by atoms with Crippen molar-refractivity contribution in [3.63, 3.8) is 0 Å². The van der Waals surface area contributed by atoms with Crippen molar-refractivity contribution in [2.45, 2.75) is 0 Å². The molecule has 0 aliphatic rings. The minimum absolute atomic E-state index is 0.303. The molecule has 0 saturated heterocycles. The largest absolute Gasteiger partial charge is 0.265 e.